The number of fused-ring (bicyclic) bond motifs is 1. The molecule has 0 atom stereocenters. The van der Waals surface area contributed by atoms with Crippen molar-refractivity contribution >= 4 is 101 Å². The van der Waals surface area contributed by atoms with E-state index in [4.69, 9.17) is 11.3 Å². The van der Waals surface area contributed by atoms with E-state index in [9.17, 15) is 4.79 Å². The van der Waals surface area contributed by atoms with Gasteiger partial charge in [-0.2, -0.15) is 0 Å². The Morgan fingerprint density at radius 2 is 1.14 bits per heavy atom. The van der Waals surface area contributed by atoms with E-state index < -0.39 is 11.8 Å². The number of aryl methyl sites for hydroxylation is 4. The zero-order chi connectivity index (χ0) is 56.4. The predicted molar refractivity (Wildman–Crippen MR) is 351 cm³/mol. The van der Waals surface area contributed by atoms with Gasteiger partial charge in [-0.25, -0.2) is 9.18 Å². The number of hydrogen-bond acceptors (Lipinski definition) is 8. The van der Waals surface area contributed by atoms with Gasteiger partial charge in [-0.3, -0.25) is 0 Å². The summed E-state index contributed by atoms with van der Waals surface area (Å²) in [6.07, 6.45) is 34.1. The molecule has 0 fully saturated rings. The Morgan fingerprint density at radius 1 is 0.618 bits per heavy atom. The van der Waals surface area contributed by atoms with Gasteiger partial charge in [0.1, 0.15) is 4.88 Å². The highest BCUT2D eigenvalue weighted by atomic mass is 32.2. The number of carbonyl (C=O) groups is 1. The molecule has 1 aliphatic rings. The molecule has 426 valence electrons. The second-order valence-electron chi connectivity index (χ2n) is 22.4. The molecule has 0 aliphatic carbocycles. The van der Waals surface area contributed by atoms with Crippen molar-refractivity contribution in [3.63, 3.8) is 0 Å². The summed E-state index contributed by atoms with van der Waals surface area (Å²) in [6, 6.07) is 5.03. The number of hydrogen-bond donors (Lipinski definition) is 0. The zero-order valence-corrected chi connectivity index (χ0v) is 55.6. The average Bonchev–Trinajstić information content (AvgIpc) is 4.17. The smallest absolute Gasteiger partial charge is 0.351 e. The van der Waals surface area contributed by atoms with Crippen LogP contribution in [-0.2, 0) is 35.8 Å². The number of thiophene rings is 4. The van der Waals surface area contributed by atoms with Gasteiger partial charge in [-0.15, -0.1) is 45.3 Å². The molecular weight excluding hydrogens is 1050 g/mol. The van der Waals surface area contributed by atoms with Crippen LogP contribution in [0.3, 0.4) is 0 Å². The fourth-order valence-corrected chi connectivity index (χ4v) is 16.6. The second kappa shape index (κ2) is 35.6. The molecule has 0 bridgehead atoms. The minimum absolute atomic E-state index is 0.0781. The monoisotopic (exact) mass is 1150 g/mol. The summed E-state index contributed by atoms with van der Waals surface area (Å²) in [5, 5.41) is 0.571. The molecule has 0 N–H and O–H groups in total. The molecule has 0 saturated heterocycles. The van der Waals surface area contributed by atoms with Crippen LogP contribution in [-0.4, -0.2) is 12.6 Å². The van der Waals surface area contributed by atoms with Crippen molar-refractivity contribution in [2.24, 2.45) is 5.41 Å². The van der Waals surface area contributed by atoms with Gasteiger partial charge in [0.2, 0.25) is 0 Å². The van der Waals surface area contributed by atoms with Crippen LogP contribution in [0.4, 0.5) is 4.39 Å². The third-order valence-corrected chi connectivity index (χ3v) is 21.8. The molecule has 76 heavy (non-hydrogen) atoms. The summed E-state index contributed by atoms with van der Waals surface area (Å²) in [7, 11) is 0. The van der Waals surface area contributed by atoms with E-state index in [2.05, 4.69) is 127 Å². The van der Waals surface area contributed by atoms with Crippen LogP contribution < -0.4 is 0 Å². The van der Waals surface area contributed by atoms with Gasteiger partial charge in [0.15, 0.2) is 5.82 Å². The van der Waals surface area contributed by atoms with Crippen molar-refractivity contribution in [1.29, 1.82) is 0 Å². The Balaban J connectivity index is 0.00000242. The predicted octanol–water partition coefficient (Wildman–Crippen LogP) is 25.2. The van der Waals surface area contributed by atoms with Crippen molar-refractivity contribution in [3.8, 4) is 0 Å². The molecule has 0 radical (unpaired) electrons. The molecule has 4 aromatic heterocycles. The minimum atomic E-state index is -0.561. The van der Waals surface area contributed by atoms with Crippen LogP contribution >= 0.6 is 68.9 Å². The average molecular weight is 1150 g/mol. The lowest BCUT2D eigenvalue weighted by molar-refractivity contribution is 0.0501. The highest BCUT2D eigenvalue weighted by Gasteiger charge is 2.32. The van der Waals surface area contributed by atoms with Crippen LogP contribution in [0.25, 0.3) is 26.1 Å². The minimum Gasteiger partial charge on any atom is -0.461 e. The highest BCUT2D eigenvalue weighted by Crippen LogP contribution is 2.53. The van der Waals surface area contributed by atoms with Gasteiger partial charge in [-0.05, 0) is 127 Å². The molecule has 0 aromatic carbocycles. The Morgan fingerprint density at radius 3 is 1.67 bits per heavy atom. The SMILES string of the molecule is C=C1S/C(C(C)(C)C)=C\C/C(c2cc(CCCCCC)c(CCCCCC)s2)=C(\C)S/C(c2sc(C(C)(C)C)c3c(F)c(C(=O)OCCCC)sc23)=C\C=C\1c1cc(CCCC)c(CCCCCC)s1.CC.CCCC. The van der Waals surface area contributed by atoms with Crippen molar-refractivity contribution in [2.45, 2.75) is 264 Å². The molecule has 0 amide bonds. The molecular formula is C67H103FO2S6. The lowest BCUT2D eigenvalue weighted by Gasteiger charge is -2.25. The largest absolute Gasteiger partial charge is 0.461 e. The van der Waals surface area contributed by atoms with Crippen LogP contribution in [0.1, 0.15) is 283 Å². The van der Waals surface area contributed by atoms with E-state index in [1.54, 1.807) is 16.2 Å². The van der Waals surface area contributed by atoms with E-state index >= 15 is 4.39 Å². The maximum absolute atomic E-state index is 17.0. The molecule has 0 unspecified atom stereocenters. The molecule has 5 heterocycles. The summed E-state index contributed by atoms with van der Waals surface area (Å²) in [5.41, 5.74) is 5.11. The number of ether oxygens (including phenoxy) is 1. The van der Waals surface area contributed by atoms with Crippen LogP contribution in [0.5, 0.6) is 0 Å². The quantitative estimate of drug-likeness (QED) is 0.0462. The van der Waals surface area contributed by atoms with E-state index in [0.29, 0.717) is 12.0 Å². The Kier molecular flexibility index (Phi) is 31.9. The van der Waals surface area contributed by atoms with Crippen molar-refractivity contribution in [3.05, 3.63) is 103 Å². The standard InChI is InChI=1S/C61H87FO2S6.C4H10.C2H6/c1-14-19-24-27-31-44-40-51(68-48(44)33-29-26-21-16-3)46-35-37-52(60(8,9)10)66-42(7)45(50-39-43(30-22-17-4)47(67-50)32-28-25-20-15-2)34-36-49(65-41(46)6)55-56-53(58(70-55)61(11,12)13)54(62)57(69-56)59(63)64-38-23-18-5;1-3-4-2;1-2/h34,36-37,39-40H,7,14-33,35,38H2,1-6,8-13H3;3-4H2,1-2H3;1-2H3/b45-34-,46-41-,49-36-,52-37-;;. The first-order valence-electron chi connectivity index (χ1n) is 29.9. The summed E-state index contributed by atoms with van der Waals surface area (Å²) in [4.78, 5) is 26.1. The van der Waals surface area contributed by atoms with Gasteiger partial charge in [-0.1, -0.05) is 230 Å². The molecule has 2 nitrogen and oxygen atoms in total. The summed E-state index contributed by atoms with van der Waals surface area (Å²) in [5.74, 6) is -1.00. The van der Waals surface area contributed by atoms with Crippen molar-refractivity contribution < 1.29 is 13.9 Å². The fraction of sp³-hybridized carbons (Fsp3) is 0.627. The number of esters is 1. The third kappa shape index (κ3) is 20.8. The highest BCUT2D eigenvalue weighted by molar-refractivity contribution is 8.12. The fourth-order valence-electron chi connectivity index (χ4n) is 8.92. The number of carbonyl (C=O) groups excluding carboxylic acids is 1. The Labute approximate surface area is 489 Å². The summed E-state index contributed by atoms with van der Waals surface area (Å²) < 4.78 is 23.5. The lowest BCUT2D eigenvalue weighted by Crippen LogP contribution is -2.10. The first-order chi connectivity index (χ1) is 36.4. The molecule has 0 spiro atoms. The number of allylic oxidation sites excluding steroid dienone is 7. The lowest BCUT2D eigenvalue weighted by atomic mass is 9.92. The molecule has 0 saturated carbocycles. The molecule has 5 rings (SSSR count). The third-order valence-electron chi connectivity index (χ3n) is 13.6. The van der Waals surface area contributed by atoms with Crippen LogP contribution in [0.2, 0.25) is 0 Å². The maximum atomic E-state index is 17.0. The first-order valence-corrected chi connectivity index (χ1v) is 34.8. The van der Waals surface area contributed by atoms with Crippen LogP contribution in [0.15, 0.2) is 51.7 Å². The van der Waals surface area contributed by atoms with E-state index in [0.717, 1.165) is 74.8 Å². The van der Waals surface area contributed by atoms with Gasteiger partial charge in [0.25, 0.3) is 0 Å². The number of unbranched alkanes of at least 4 members (excludes halogenated alkanes) is 12. The van der Waals surface area contributed by atoms with Gasteiger partial charge >= 0.3 is 5.97 Å². The van der Waals surface area contributed by atoms with Crippen LogP contribution in [0, 0.1) is 11.2 Å². The molecule has 1 aliphatic heterocycles. The maximum Gasteiger partial charge on any atom is 0.351 e. The summed E-state index contributed by atoms with van der Waals surface area (Å²) >= 11 is 10.6. The first kappa shape index (κ1) is 68.1. The van der Waals surface area contributed by atoms with Gasteiger partial charge in [0, 0.05) is 45.2 Å². The van der Waals surface area contributed by atoms with Gasteiger partial charge < -0.3 is 4.74 Å². The number of thioether (sulfide) groups is 2. The van der Waals surface area contributed by atoms with E-state index in [1.165, 1.54) is 155 Å². The number of rotatable bonds is 26. The molecule has 4 aromatic rings. The number of halogens is 1. The topological polar surface area (TPSA) is 26.3 Å². The summed E-state index contributed by atoms with van der Waals surface area (Å²) in [6.45, 7) is 40.6. The zero-order valence-electron chi connectivity index (χ0n) is 50.7. The Hall–Kier alpha value is -2.14. The van der Waals surface area contributed by atoms with E-state index in [1.807, 2.05) is 60.0 Å². The van der Waals surface area contributed by atoms with Gasteiger partial charge in [0.05, 0.1) is 16.2 Å². The molecule has 9 heteroatoms. The van der Waals surface area contributed by atoms with E-state index in [-0.39, 0.29) is 15.7 Å². The Bertz CT molecular complexity index is 2470. The van der Waals surface area contributed by atoms with Crippen molar-refractivity contribution in [2.75, 3.05) is 6.61 Å². The van der Waals surface area contributed by atoms with Crippen molar-refractivity contribution in [1.82, 2.24) is 0 Å². The normalized spacial score (nSPS) is 16.9. The second-order valence-corrected chi connectivity index (χ2v) is 29.1.